The van der Waals surface area contributed by atoms with E-state index < -0.39 is 0 Å². The second-order valence-corrected chi connectivity index (χ2v) is 8.52. The first-order chi connectivity index (χ1) is 15.0. The first kappa shape index (κ1) is 19.9. The van der Waals surface area contributed by atoms with Gasteiger partial charge in [0.2, 0.25) is 0 Å². The third kappa shape index (κ3) is 4.52. The van der Waals surface area contributed by atoms with E-state index in [0.717, 1.165) is 49.9 Å². The van der Waals surface area contributed by atoms with Crippen LogP contribution in [-0.2, 0) is 20.6 Å². The van der Waals surface area contributed by atoms with Gasteiger partial charge in [-0.3, -0.25) is 24.0 Å². The minimum absolute atomic E-state index is 0.233. The van der Waals surface area contributed by atoms with Gasteiger partial charge in [-0.15, -0.1) is 0 Å². The third-order valence-corrected chi connectivity index (χ3v) is 5.99. The van der Waals surface area contributed by atoms with E-state index in [1.807, 2.05) is 31.6 Å². The molecule has 5 rings (SSSR count). The topological polar surface area (TPSA) is 84.1 Å². The van der Waals surface area contributed by atoms with E-state index in [9.17, 15) is 4.79 Å². The van der Waals surface area contributed by atoms with Gasteiger partial charge in [0.25, 0.3) is 5.91 Å². The number of pyridine rings is 1. The highest BCUT2D eigenvalue weighted by Crippen LogP contribution is 2.27. The van der Waals surface area contributed by atoms with Gasteiger partial charge in [-0.05, 0) is 24.5 Å². The summed E-state index contributed by atoms with van der Waals surface area (Å²) in [6, 6.07) is 4.76. The number of hydrogen-bond acceptors (Lipinski definition) is 6. The standard InChI is InChI=1S/C22H28N8O/c1-27-14-17(12-24-27)21-19(15-28(2)26-21)22(31)25-20-6-3-16(11-23-20)13-29-7-9-30(10-8-29)18-4-5-18/h3,6,11-12,14-15,18H,4-5,7-10,13H2,1-2H3,(H,23,25,31). The fourth-order valence-electron chi connectivity index (χ4n) is 4.17. The molecule has 9 heteroatoms. The molecule has 0 aromatic carbocycles. The van der Waals surface area contributed by atoms with Crippen molar-refractivity contribution in [2.75, 3.05) is 31.5 Å². The van der Waals surface area contributed by atoms with Crippen molar-refractivity contribution in [1.82, 2.24) is 34.3 Å². The molecule has 162 valence electrons. The van der Waals surface area contributed by atoms with Crippen molar-refractivity contribution in [2.45, 2.75) is 25.4 Å². The number of nitrogens with one attached hydrogen (secondary N) is 1. The Bertz CT molecular complexity index is 1060. The minimum atomic E-state index is -0.233. The molecule has 0 radical (unpaired) electrons. The summed E-state index contributed by atoms with van der Waals surface area (Å²) < 4.78 is 3.33. The fraction of sp³-hybridized carbons (Fsp3) is 0.455. The van der Waals surface area contributed by atoms with E-state index in [-0.39, 0.29) is 5.91 Å². The maximum absolute atomic E-state index is 12.9. The maximum atomic E-state index is 12.9. The molecule has 1 aliphatic heterocycles. The van der Waals surface area contributed by atoms with Gasteiger partial charge in [0.05, 0.1) is 11.8 Å². The van der Waals surface area contributed by atoms with Crippen molar-refractivity contribution >= 4 is 11.7 Å². The monoisotopic (exact) mass is 420 g/mol. The van der Waals surface area contributed by atoms with Gasteiger partial charge < -0.3 is 5.32 Å². The van der Waals surface area contributed by atoms with Crippen LogP contribution >= 0.6 is 0 Å². The van der Waals surface area contributed by atoms with Crippen LogP contribution in [0, 0.1) is 0 Å². The lowest BCUT2D eigenvalue weighted by Gasteiger charge is -2.34. The van der Waals surface area contributed by atoms with Crippen LogP contribution < -0.4 is 5.32 Å². The first-order valence-electron chi connectivity index (χ1n) is 10.8. The smallest absolute Gasteiger partial charge is 0.260 e. The third-order valence-electron chi connectivity index (χ3n) is 5.99. The summed E-state index contributed by atoms with van der Waals surface area (Å²) in [5.41, 5.74) is 3.07. The summed E-state index contributed by atoms with van der Waals surface area (Å²) in [5, 5.41) is 11.5. The zero-order valence-corrected chi connectivity index (χ0v) is 18.0. The minimum Gasteiger partial charge on any atom is -0.306 e. The molecule has 4 heterocycles. The molecule has 0 unspecified atom stereocenters. The normalized spacial score (nSPS) is 17.7. The Balaban J connectivity index is 1.21. The van der Waals surface area contributed by atoms with E-state index in [0.29, 0.717) is 17.1 Å². The molecule has 2 fully saturated rings. The number of carbonyl (C=O) groups excluding carboxylic acids is 1. The van der Waals surface area contributed by atoms with Crippen molar-refractivity contribution in [1.29, 1.82) is 0 Å². The molecule has 3 aromatic rings. The summed E-state index contributed by atoms with van der Waals surface area (Å²) in [4.78, 5) is 22.4. The van der Waals surface area contributed by atoms with Gasteiger partial charge in [-0.2, -0.15) is 10.2 Å². The first-order valence-corrected chi connectivity index (χ1v) is 10.8. The predicted molar refractivity (Wildman–Crippen MR) is 117 cm³/mol. The Morgan fingerprint density at radius 3 is 2.52 bits per heavy atom. The largest absolute Gasteiger partial charge is 0.306 e. The number of rotatable bonds is 6. The highest BCUT2D eigenvalue weighted by Gasteiger charge is 2.31. The number of nitrogens with zero attached hydrogens (tertiary/aromatic N) is 7. The van der Waals surface area contributed by atoms with E-state index >= 15 is 0 Å². The number of aromatic nitrogens is 5. The molecule has 0 atom stereocenters. The molecule has 0 spiro atoms. The molecule has 1 amide bonds. The zero-order valence-electron chi connectivity index (χ0n) is 18.0. The summed E-state index contributed by atoms with van der Waals surface area (Å²) >= 11 is 0. The number of piperazine rings is 1. The molecule has 31 heavy (non-hydrogen) atoms. The van der Waals surface area contributed by atoms with E-state index in [1.54, 1.807) is 28.8 Å². The van der Waals surface area contributed by atoms with Crippen molar-refractivity contribution in [3.05, 3.63) is 48.0 Å². The lowest BCUT2D eigenvalue weighted by atomic mass is 10.1. The second-order valence-electron chi connectivity index (χ2n) is 8.52. The molecule has 1 N–H and O–H groups in total. The fourth-order valence-corrected chi connectivity index (χ4v) is 4.17. The highest BCUT2D eigenvalue weighted by molar-refractivity contribution is 6.07. The molecule has 1 saturated carbocycles. The zero-order chi connectivity index (χ0) is 21.4. The average molecular weight is 421 g/mol. The van der Waals surface area contributed by atoms with Crippen LogP contribution in [0.1, 0.15) is 28.8 Å². The number of hydrogen-bond donors (Lipinski definition) is 1. The number of carbonyl (C=O) groups is 1. The van der Waals surface area contributed by atoms with Crippen LogP contribution in [-0.4, -0.2) is 72.5 Å². The lowest BCUT2D eigenvalue weighted by Crippen LogP contribution is -2.46. The van der Waals surface area contributed by atoms with Gasteiger partial charge in [0.15, 0.2) is 0 Å². The van der Waals surface area contributed by atoms with Crippen LogP contribution in [0.25, 0.3) is 11.3 Å². The van der Waals surface area contributed by atoms with Gasteiger partial charge >= 0.3 is 0 Å². The molecule has 0 bridgehead atoms. The van der Waals surface area contributed by atoms with Crippen LogP contribution in [0.5, 0.6) is 0 Å². The number of amides is 1. The van der Waals surface area contributed by atoms with Crippen molar-refractivity contribution in [3.63, 3.8) is 0 Å². The highest BCUT2D eigenvalue weighted by atomic mass is 16.1. The number of anilines is 1. The average Bonchev–Trinajstić information content (AvgIpc) is 3.41. The molecule has 1 aliphatic carbocycles. The Morgan fingerprint density at radius 1 is 1.06 bits per heavy atom. The van der Waals surface area contributed by atoms with E-state index in [4.69, 9.17) is 0 Å². The lowest BCUT2D eigenvalue weighted by molar-refractivity contribution is 0.102. The van der Waals surface area contributed by atoms with Crippen LogP contribution in [0.15, 0.2) is 36.9 Å². The van der Waals surface area contributed by atoms with Crippen molar-refractivity contribution in [2.24, 2.45) is 14.1 Å². The van der Waals surface area contributed by atoms with E-state index in [1.165, 1.54) is 12.8 Å². The maximum Gasteiger partial charge on any atom is 0.260 e. The molecular formula is C22H28N8O. The van der Waals surface area contributed by atoms with Crippen molar-refractivity contribution in [3.8, 4) is 11.3 Å². The molecular weight excluding hydrogens is 392 g/mol. The Kier molecular flexibility index (Phi) is 5.29. The quantitative estimate of drug-likeness (QED) is 0.654. The van der Waals surface area contributed by atoms with Crippen LogP contribution in [0.2, 0.25) is 0 Å². The predicted octanol–water partition coefficient (Wildman–Crippen LogP) is 1.75. The molecule has 9 nitrogen and oxygen atoms in total. The van der Waals surface area contributed by atoms with Gasteiger partial charge in [0.1, 0.15) is 11.5 Å². The van der Waals surface area contributed by atoms with Gasteiger partial charge in [-0.25, -0.2) is 4.98 Å². The molecule has 1 saturated heterocycles. The van der Waals surface area contributed by atoms with Crippen molar-refractivity contribution < 1.29 is 4.79 Å². The Labute approximate surface area is 181 Å². The van der Waals surface area contributed by atoms with Crippen LogP contribution in [0.4, 0.5) is 5.82 Å². The molecule has 2 aliphatic rings. The molecule has 3 aromatic heterocycles. The summed E-state index contributed by atoms with van der Waals surface area (Å²) in [5.74, 6) is 0.302. The van der Waals surface area contributed by atoms with E-state index in [2.05, 4.69) is 30.3 Å². The summed E-state index contributed by atoms with van der Waals surface area (Å²) in [6.07, 6.45) is 9.87. The van der Waals surface area contributed by atoms with Gasteiger partial charge in [-0.1, -0.05) is 6.07 Å². The summed E-state index contributed by atoms with van der Waals surface area (Å²) in [7, 11) is 3.64. The second kappa shape index (κ2) is 8.24. The Hall–Kier alpha value is -3.04. The summed E-state index contributed by atoms with van der Waals surface area (Å²) in [6.45, 7) is 5.43. The van der Waals surface area contributed by atoms with Crippen LogP contribution in [0.3, 0.4) is 0 Å². The Morgan fingerprint density at radius 2 is 1.87 bits per heavy atom. The van der Waals surface area contributed by atoms with Gasteiger partial charge in [0, 0.05) is 77.0 Å². The number of aryl methyl sites for hydroxylation is 2. The SMILES string of the molecule is Cn1cc(-c2nn(C)cc2C(=O)Nc2ccc(CN3CCN(C4CC4)CC3)cn2)cn1.